The summed E-state index contributed by atoms with van der Waals surface area (Å²) in [7, 11) is 0. The van der Waals surface area contributed by atoms with Crippen LogP contribution in [0.5, 0.6) is 11.5 Å². The standard InChI is InChI=1S/C19H13FN2O3S/c1-2-8-22-17-13(20)4-3-5-16(17)26-19(22)21-18(23)12-6-7-14-15(11-12)25-10-9-24-14/h1,3-7,11H,8-10H2. The van der Waals surface area contributed by atoms with Gasteiger partial charge in [0, 0.05) is 5.56 Å². The molecule has 0 bridgehead atoms. The maximum atomic E-state index is 14.2. The van der Waals surface area contributed by atoms with Gasteiger partial charge in [-0.05, 0) is 30.3 Å². The van der Waals surface area contributed by atoms with Gasteiger partial charge in [0.1, 0.15) is 19.0 Å². The fourth-order valence-corrected chi connectivity index (χ4v) is 3.78. The number of benzene rings is 2. The molecule has 0 fully saturated rings. The SMILES string of the molecule is C#CCn1c(=NC(=O)c2ccc3c(c2)OCCO3)sc2cccc(F)c21. The van der Waals surface area contributed by atoms with E-state index < -0.39 is 11.7 Å². The minimum absolute atomic E-state index is 0.119. The normalized spacial score (nSPS) is 13.6. The molecule has 5 nitrogen and oxygen atoms in total. The van der Waals surface area contributed by atoms with E-state index in [2.05, 4.69) is 10.9 Å². The van der Waals surface area contributed by atoms with Crippen molar-refractivity contribution < 1.29 is 18.7 Å². The number of terminal acetylenes is 1. The van der Waals surface area contributed by atoms with Crippen LogP contribution in [0.1, 0.15) is 10.4 Å². The Hall–Kier alpha value is -3.11. The van der Waals surface area contributed by atoms with Crippen molar-refractivity contribution in [3.63, 3.8) is 0 Å². The third kappa shape index (κ3) is 2.85. The molecule has 0 spiro atoms. The molecule has 4 rings (SSSR count). The van der Waals surface area contributed by atoms with Crippen LogP contribution in [0.4, 0.5) is 4.39 Å². The summed E-state index contributed by atoms with van der Waals surface area (Å²) in [6.45, 7) is 1.03. The highest BCUT2D eigenvalue weighted by atomic mass is 32.1. The zero-order chi connectivity index (χ0) is 18.1. The van der Waals surface area contributed by atoms with Crippen LogP contribution in [0.25, 0.3) is 10.2 Å². The lowest BCUT2D eigenvalue weighted by Gasteiger charge is -2.18. The molecule has 0 N–H and O–H groups in total. The molecule has 0 unspecified atom stereocenters. The lowest BCUT2D eigenvalue weighted by Crippen LogP contribution is -2.18. The number of halogens is 1. The summed E-state index contributed by atoms with van der Waals surface area (Å²) in [6, 6.07) is 9.63. The summed E-state index contributed by atoms with van der Waals surface area (Å²) in [5.41, 5.74) is 0.712. The van der Waals surface area contributed by atoms with E-state index >= 15 is 0 Å². The molecule has 26 heavy (non-hydrogen) atoms. The van der Waals surface area contributed by atoms with E-state index in [0.29, 0.717) is 45.3 Å². The molecule has 0 radical (unpaired) electrons. The summed E-state index contributed by atoms with van der Waals surface area (Å²) in [5.74, 6) is 2.73. The molecule has 1 aromatic heterocycles. The van der Waals surface area contributed by atoms with E-state index in [1.807, 2.05) is 0 Å². The number of hydrogen-bond acceptors (Lipinski definition) is 4. The molecule has 1 amide bonds. The van der Waals surface area contributed by atoms with Crippen LogP contribution < -0.4 is 14.3 Å². The van der Waals surface area contributed by atoms with E-state index in [1.54, 1.807) is 30.3 Å². The number of fused-ring (bicyclic) bond motifs is 2. The number of ether oxygens (including phenoxy) is 2. The fourth-order valence-electron chi connectivity index (χ4n) is 2.74. The van der Waals surface area contributed by atoms with Gasteiger partial charge in [-0.2, -0.15) is 4.99 Å². The Labute approximate surface area is 152 Å². The molecule has 2 aromatic carbocycles. The predicted molar refractivity (Wildman–Crippen MR) is 95.9 cm³/mol. The number of nitrogens with zero attached hydrogens (tertiary/aromatic N) is 2. The van der Waals surface area contributed by atoms with Crippen LogP contribution in [-0.4, -0.2) is 23.7 Å². The van der Waals surface area contributed by atoms with Crippen molar-refractivity contribution in [2.24, 2.45) is 4.99 Å². The van der Waals surface area contributed by atoms with Gasteiger partial charge in [0.2, 0.25) is 0 Å². The number of rotatable bonds is 2. The Balaban J connectivity index is 1.81. The zero-order valence-corrected chi connectivity index (χ0v) is 14.4. The van der Waals surface area contributed by atoms with Gasteiger partial charge >= 0.3 is 0 Å². The molecule has 0 aliphatic carbocycles. The summed E-state index contributed by atoms with van der Waals surface area (Å²) < 4.78 is 27.3. The summed E-state index contributed by atoms with van der Waals surface area (Å²) in [6.07, 6.45) is 5.40. The van der Waals surface area contributed by atoms with Gasteiger partial charge in [-0.3, -0.25) is 4.79 Å². The summed E-state index contributed by atoms with van der Waals surface area (Å²) >= 11 is 1.21. The first-order chi connectivity index (χ1) is 12.7. The van der Waals surface area contributed by atoms with Crippen molar-refractivity contribution in [2.75, 3.05) is 13.2 Å². The molecule has 0 saturated heterocycles. The van der Waals surface area contributed by atoms with Crippen LogP contribution >= 0.6 is 11.3 Å². The van der Waals surface area contributed by atoms with Crippen LogP contribution in [-0.2, 0) is 6.54 Å². The van der Waals surface area contributed by atoms with Crippen LogP contribution in [0, 0.1) is 18.2 Å². The Morgan fingerprint density at radius 1 is 1.27 bits per heavy atom. The number of carbonyl (C=O) groups excluding carboxylic acids is 1. The number of amides is 1. The highest BCUT2D eigenvalue weighted by molar-refractivity contribution is 7.16. The Morgan fingerprint density at radius 3 is 2.88 bits per heavy atom. The second-order valence-electron chi connectivity index (χ2n) is 5.54. The lowest BCUT2D eigenvalue weighted by atomic mass is 10.2. The number of hydrogen-bond donors (Lipinski definition) is 0. The van der Waals surface area contributed by atoms with Crippen LogP contribution in [0.2, 0.25) is 0 Å². The number of thiazole rings is 1. The van der Waals surface area contributed by atoms with Gasteiger partial charge < -0.3 is 14.0 Å². The molecule has 2 heterocycles. The van der Waals surface area contributed by atoms with Crippen LogP contribution in [0.3, 0.4) is 0 Å². The van der Waals surface area contributed by atoms with Crippen molar-refractivity contribution in [3.05, 3.63) is 52.6 Å². The molecular formula is C19H13FN2O3S. The van der Waals surface area contributed by atoms with E-state index in [-0.39, 0.29) is 6.54 Å². The van der Waals surface area contributed by atoms with Crippen molar-refractivity contribution in [1.82, 2.24) is 4.57 Å². The lowest BCUT2D eigenvalue weighted by molar-refractivity contribution is 0.0996. The quantitative estimate of drug-likeness (QED) is 0.654. The monoisotopic (exact) mass is 368 g/mol. The fraction of sp³-hybridized carbons (Fsp3) is 0.158. The first kappa shape index (κ1) is 16.4. The maximum Gasteiger partial charge on any atom is 0.279 e. The van der Waals surface area contributed by atoms with E-state index in [4.69, 9.17) is 15.9 Å². The van der Waals surface area contributed by atoms with Crippen LogP contribution in [0.15, 0.2) is 41.4 Å². The highest BCUT2D eigenvalue weighted by Crippen LogP contribution is 2.31. The molecule has 1 aliphatic heterocycles. The average molecular weight is 368 g/mol. The van der Waals surface area contributed by atoms with Gasteiger partial charge in [0.15, 0.2) is 16.3 Å². The maximum absolute atomic E-state index is 14.2. The first-order valence-corrected chi connectivity index (χ1v) is 8.69. The second-order valence-corrected chi connectivity index (χ2v) is 6.55. The molecular weight excluding hydrogens is 355 g/mol. The zero-order valence-electron chi connectivity index (χ0n) is 13.6. The topological polar surface area (TPSA) is 52.8 Å². The van der Waals surface area contributed by atoms with Crippen molar-refractivity contribution >= 4 is 27.5 Å². The van der Waals surface area contributed by atoms with E-state index in [0.717, 1.165) is 0 Å². The Morgan fingerprint density at radius 2 is 2.08 bits per heavy atom. The molecule has 0 atom stereocenters. The largest absolute Gasteiger partial charge is 0.486 e. The smallest absolute Gasteiger partial charge is 0.279 e. The van der Waals surface area contributed by atoms with E-state index in [9.17, 15) is 9.18 Å². The summed E-state index contributed by atoms with van der Waals surface area (Å²) in [5, 5.41) is 0. The average Bonchev–Trinajstić information content (AvgIpc) is 3.00. The molecule has 3 aromatic rings. The Kier molecular flexibility index (Phi) is 4.19. The summed E-state index contributed by atoms with van der Waals surface area (Å²) in [4.78, 5) is 17.1. The van der Waals surface area contributed by atoms with Gasteiger partial charge in [-0.15, -0.1) is 6.42 Å². The third-order valence-corrected chi connectivity index (χ3v) is 4.93. The second kappa shape index (κ2) is 6.65. The highest BCUT2D eigenvalue weighted by Gasteiger charge is 2.16. The van der Waals surface area contributed by atoms with Gasteiger partial charge in [-0.1, -0.05) is 23.3 Å². The van der Waals surface area contributed by atoms with Gasteiger partial charge in [0.25, 0.3) is 5.91 Å². The van der Waals surface area contributed by atoms with Crippen molar-refractivity contribution in [2.45, 2.75) is 6.54 Å². The third-order valence-electron chi connectivity index (χ3n) is 3.89. The molecule has 1 aliphatic rings. The molecule has 0 saturated carbocycles. The molecule has 130 valence electrons. The molecule has 7 heteroatoms. The number of aromatic nitrogens is 1. The number of carbonyl (C=O) groups is 1. The Bertz CT molecular complexity index is 1120. The van der Waals surface area contributed by atoms with Gasteiger partial charge in [-0.25, -0.2) is 4.39 Å². The number of para-hydroxylation sites is 1. The van der Waals surface area contributed by atoms with Gasteiger partial charge in [0.05, 0.1) is 16.8 Å². The minimum Gasteiger partial charge on any atom is -0.486 e. The first-order valence-electron chi connectivity index (χ1n) is 7.87. The minimum atomic E-state index is -0.459. The van der Waals surface area contributed by atoms with Crippen molar-refractivity contribution in [1.29, 1.82) is 0 Å². The van der Waals surface area contributed by atoms with E-state index in [1.165, 1.54) is 22.0 Å². The van der Waals surface area contributed by atoms with Crippen molar-refractivity contribution in [3.8, 4) is 23.8 Å². The predicted octanol–water partition coefficient (Wildman–Crippen LogP) is 2.99.